The number of carboxylic acids is 1. The van der Waals surface area contributed by atoms with Crippen LogP contribution in [-0.2, 0) is 4.79 Å². The lowest BCUT2D eigenvalue weighted by Crippen LogP contribution is -2.50. The van der Waals surface area contributed by atoms with E-state index in [-0.39, 0.29) is 0 Å². The highest BCUT2D eigenvalue weighted by molar-refractivity contribution is 6.08. The van der Waals surface area contributed by atoms with Crippen molar-refractivity contribution in [2.45, 2.75) is 50.4 Å². The summed E-state index contributed by atoms with van der Waals surface area (Å²) in [5, 5.41) is 9.26. The largest absolute Gasteiger partial charge is 0.480 e. The normalized spacial score (nSPS) is 20.3. The fourth-order valence-corrected chi connectivity index (χ4v) is 2.39. The molecular formula is C12H25BN2O2. The van der Waals surface area contributed by atoms with Gasteiger partial charge in [0, 0.05) is 6.54 Å². The Morgan fingerprint density at radius 3 is 2.47 bits per heavy atom. The lowest BCUT2D eigenvalue weighted by Gasteiger charge is -2.27. The van der Waals surface area contributed by atoms with E-state index >= 15 is 0 Å². The number of aliphatic carboxylic acids is 1. The highest BCUT2D eigenvalue weighted by atomic mass is 16.4. The SMILES string of the molecule is BCCCCC(N)(CCN1CCCC1)C(=O)O. The third kappa shape index (κ3) is 4.68. The maximum absolute atomic E-state index is 11.3. The molecule has 3 N–H and O–H groups in total. The van der Waals surface area contributed by atoms with Gasteiger partial charge in [0.2, 0.25) is 0 Å². The summed E-state index contributed by atoms with van der Waals surface area (Å²) in [6.07, 6.45) is 6.73. The van der Waals surface area contributed by atoms with Gasteiger partial charge in [-0.3, -0.25) is 4.79 Å². The topological polar surface area (TPSA) is 66.6 Å². The maximum Gasteiger partial charge on any atom is 0.323 e. The minimum Gasteiger partial charge on any atom is -0.480 e. The molecule has 4 nitrogen and oxygen atoms in total. The molecule has 17 heavy (non-hydrogen) atoms. The lowest BCUT2D eigenvalue weighted by atomic mass is 9.88. The smallest absolute Gasteiger partial charge is 0.323 e. The van der Waals surface area contributed by atoms with Gasteiger partial charge in [-0.1, -0.05) is 19.2 Å². The third-order valence-corrected chi connectivity index (χ3v) is 3.73. The molecule has 0 aromatic heterocycles. The number of rotatable bonds is 8. The lowest BCUT2D eigenvalue weighted by molar-refractivity contribution is -0.144. The van der Waals surface area contributed by atoms with Gasteiger partial charge >= 0.3 is 5.97 Å². The predicted octanol–water partition coefficient (Wildman–Crippen LogP) is 0.476. The first-order valence-electron chi connectivity index (χ1n) is 6.83. The summed E-state index contributed by atoms with van der Waals surface area (Å²) in [4.78, 5) is 13.6. The van der Waals surface area contributed by atoms with Crippen molar-refractivity contribution in [1.29, 1.82) is 0 Å². The van der Waals surface area contributed by atoms with Crippen molar-refractivity contribution in [3.05, 3.63) is 0 Å². The van der Waals surface area contributed by atoms with E-state index in [0.29, 0.717) is 12.8 Å². The Morgan fingerprint density at radius 1 is 1.29 bits per heavy atom. The van der Waals surface area contributed by atoms with Crippen molar-refractivity contribution in [2.75, 3.05) is 19.6 Å². The molecule has 1 saturated heterocycles. The Morgan fingerprint density at radius 2 is 1.94 bits per heavy atom. The van der Waals surface area contributed by atoms with Crippen LogP contribution in [0.4, 0.5) is 0 Å². The van der Waals surface area contributed by atoms with Gasteiger partial charge in [-0.05, 0) is 38.8 Å². The van der Waals surface area contributed by atoms with Crippen LogP contribution >= 0.6 is 0 Å². The van der Waals surface area contributed by atoms with Crippen molar-refractivity contribution < 1.29 is 9.90 Å². The molecule has 1 heterocycles. The molecule has 0 aliphatic carbocycles. The summed E-state index contributed by atoms with van der Waals surface area (Å²) in [5.74, 6) is -0.840. The molecule has 0 saturated carbocycles. The second kappa shape index (κ2) is 7.02. The fraction of sp³-hybridized carbons (Fsp3) is 0.917. The van der Waals surface area contributed by atoms with Crippen molar-refractivity contribution in [2.24, 2.45) is 5.73 Å². The number of nitrogens with two attached hydrogens (primary N) is 1. The molecular weight excluding hydrogens is 215 g/mol. The summed E-state index contributed by atoms with van der Waals surface area (Å²) in [6.45, 7) is 3.03. The standard InChI is InChI=1S/C12H25BN2O2/c13-7-2-1-5-12(14,11(16)17)6-10-15-8-3-4-9-15/h1-10,13-14H2,(H,16,17). The van der Waals surface area contributed by atoms with Crippen LogP contribution in [0.15, 0.2) is 0 Å². The number of carboxylic acid groups (broad SMARTS) is 1. The minimum absolute atomic E-state index is 0.575. The molecule has 1 aliphatic rings. The quantitative estimate of drug-likeness (QED) is 0.478. The van der Waals surface area contributed by atoms with E-state index in [1.807, 2.05) is 0 Å². The predicted molar refractivity (Wildman–Crippen MR) is 72.0 cm³/mol. The van der Waals surface area contributed by atoms with Crippen LogP contribution in [0.3, 0.4) is 0 Å². The first kappa shape index (κ1) is 14.5. The summed E-state index contributed by atoms with van der Waals surface area (Å²) >= 11 is 0. The van der Waals surface area contributed by atoms with Crippen LogP contribution in [0.2, 0.25) is 6.32 Å². The number of hydrogen-bond donors (Lipinski definition) is 2. The Bertz CT molecular complexity index is 245. The monoisotopic (exact) mass is 240 g/mol. The summed E-state index contributed by atoms with van der Waals surface area (Å²) in [6, 6.07) is 0. The number of hydrogen-bond acceptors (Lipinski definition) is 3. The van der Waals surface area contributed by atoms with Gasteiger partial charge in [0.05, 0.1) is 0 Å². The zero-order valence-corrected chi connectivity index (χ0v) is 11.0. The molecule has 0 aromatic rings. The van der Waals surface area contributed by atoms with E-state index in [1.165, 1.54) is 12.8 Å². The fourth-order valence-electron chi connectivity index (χ4n) is 2.39. The maximum atomic E-state index is 11.3. The number of nitrogens with zero attached hydrogens (tertiary/aromatic N) is 1. The highest BCUT2D eigenvalue weighted by Gasteiger charge is 2.33. The van der Waals surface area contributed by atoms with Crippen LogP contribution in [0.1, 0.15) is 38.5 Å². The van der Waals surface area contributed by atoms with Crippen LogP contribution < -0.4 is 5.73 Å². The van der Waals surface area contributed by atoms with Gasteiger partial charge in [0.25, 0.3) is 0 Å². The second-order valence-corrected chi connectivity index (χ2v) is 5.22. The average Bonchev–Trinajstić information content (AvgIpc) is 2.79. The molecule has 98 valence electrons. The first-order valence-corrected chi connectivity index (χ1v) is 6.83. The van der Waals surface area contributed by atoms with Gasteiger partial charge < -0.3 is 15.7 Å². The number of unbranched alkanes of at least 4 members (excludes halogenated alkanes) is 1. The van der Waals surface area contributed by atoms with Gasteiger partial charge in [-0.25, -0.2) is 0 Å². The van der Waals surface area contributed by atoms with E-state index < -0.39 is 11.5 Å². The number of carbonyl (C=O) groups is 1. The summed E-state index contributed by atoms with van der Waals surface area (Å²) in [7, 11) is 2.11. The van der Waals surface area contributed by atoms with Crippen molar-refractivity contribution in [1.82, 2.24) is 4.90 Å². The van der Waals surface area contributed by atoms with Crippen LogP contribution in [-0.4, -0.2) is 49.0 Å². The van der Waals surface area contributed by atoms with E-state index in [0.717, 1.165) is 38.8 Å². The molecule has 0 bridgehead atoms. The van der Waals surface area contributed by atoms with E-state index in [9.17, 15) is 9.90 Å². The molecule has 5 heteroatoms. The molecule has 0 aromatic carbocycles. The van der Waals surface area contributed by atoms with Gasteiger partial charge in [-0.2, -0.15) is 0 Å². The number of likely N-dealkylation sites (tertiary alicyclic amines) is 1. The zero-order valence-electron chi connectivity index (χ0n) is 11.0. The molecule has 1 atom stereocenters. The van der Waals surface area contributed by atoms with Crippen LogP contribution in [0.5, 0.6) is 0 Å². The average molecular weight is 240 g/mol. The Balaban J connectivity index is 2.37. The van der Waals surface area contributed by atoms with E-state index in [2.05, 4.69) is 12.7 Å². The van der Waals surface area contributed by atoms with Gasteiger partial charge in [-0.15, -0.1) is 0 Å². The van der Waals surface area contributed by atoms with Crippen molar-refractivity contribution in [3.8, 4) is 0 Å². The second-order valence-electron chi connectivity index (χ2n) is 5.22. The van der Waals surface area contributed by atoms with Gasteiger partial charge in [0.15, 0.2) is 0 Å². The Hall–Kier alpha value is -0.545. The molecule has 1 aliphatic heterocycles. The molecule has 0 radical (unpaired) electrons. The summed E-state index contributed by atoms with van der Waals surface area (Å²) in [5.41, 5.74) is 5.02. The van der Waals surface area contributed by atoms with Crippen molar-refractivity contribution >= 4 is 13.8 Å². The molecule has 1 fully saturated rings. The van der Waals surface area contributed by atoms with Crippen LogP contribution in [0.25, 0.3) is 0 Å². The molecule has 1 unspecified atom stereocenters. The zero-order chi connectivity index (χ0) is 12.7. The molecule has 1 rings (SSSR count). The Labute approximate surface area is 105 Å². The summed E-state index contributed by atoms with van der Waals surface area (Å²) < 4.78 is 0. The van der Waals surface area contributed by atoms with E-state index in [1.54, 1.807) is 0 Å². The first-order chi connectivity index (χ1) is 8.08. The van der Waals surface area contributed by atoms with Crippen LogP contribution in [0, 0.1) is 0 Å². The molecule has 0 amide bonds. The van der Waals surface area contributed by atoms with E-state index in [4.69, 9.17) is 5.73 Å². The molecule has 0 spiro atoms. The minimum atomic E-state index is -1.02. The third-order valence-electron chi connectivity index (χ3n) is 3.73. The Kier molecular flexibility index (Phi) is 5.99. The highest BCUT2D eigenvalue weighted by Crippen LogP contribution is 2.19. The van der Waals surface area contributed by atoms with Gasteiger partial charge in [0.1, 0.15) is 13.4 Å². The van der Waals surface area contributed by atoms with Crippen molar-refractivity contribution in [3.63, 3.8) is 0 Å².